The van der Waals surface area contributed by atoms with Crippen molar-refractivity contribution in [1.29, 1.82) is 0 Å². The third kappa shape index (κ3) is 3.06. The van der Waals surface area contributed by atoms with Crippen LogP contribution in [0.5, 0.6) is 0 Å². The molecule has 8 heteroatoms. The topological polar surface area (TPSA) is 71.6 Å². The van der Waals surface area contributed by atoms with Crippen molar-refractivity contribution in [3.63, 3.8) is 0 Å². The Morgan fingerprint density at radius 1 is 1.30 bits per heavy atom. The lowest BCUT2D eigenvalue weighted by Crippen LogP contribution is -2.24. The number of thiazole rings is 1. The number of hydrogen-bond donors (Lipinski definition) is 1. The summed E-state index contributed by atoms with van der Waals surface area (Å²) < 4.78 is 28.4. The minimum atomic E-state index is -2.99. The molecule has 0 saturated heterocycles. The van der Waals surface area contributed by atoms with Crippen molar-refractivity contribution in [2.75, 3.05) is 5.01 Å². The van der Waals surface area contributed by atoms with Crippen molar-refractivity contribution < 1.29 is 13.6 Å². The van der Waals surface area contributed by atoms with Gasteiger partial charge in [-0.25, -0.2) is 13.8 Å². The van der Waals surface area contributed by atoms with Gasteiger partial charge in [-0.1, -0.05) is 41.7 Å². The van der Waals surface area contributed by atoms with E-state index < -0.39 is 11.8 Å². The van der Waals surface area contributed by atoms with Crippen LogP contribution >= 0.6 is 11.3 Å². The number of nitrogens with two attached hydrogens (primary N) is 1. The average Bonchev–Trinajstić information content (AvgIpc) is 3.21. The maximum atomic E-state index is 13.7. The van der Waals surface area contributed by atoms with E-state index in [0.717, 1.165) is 35.8 Å². The molecule has 4 rings (SSSR count). The summed E-state index contributed by atoms with van der Waals surface area (Å²) in [6, 6.07) is 5.80. The number of carbonyl (C=O) groups excluding carboxylic acids is 1. The van der Waals surface area contributed by atoms with Gasteiger partial charge in [0.2, 0.25) is 5.13 Å². The fraction of sp³-hybridized carbons (Fsp3) is 0.211. The zero-order valence-electron chi connectivity index (χ0n) is 14.4. The fourth-order valence-corrected chi connectivity index (χ4v) is 3.98. The predicted octanol–water partition coefficient (Wildman–Crippen LogP) is 2.20. The van der Waals surface area contributed by atoms with Crippen molar-refractivity contribution in [2.24, 2.45) is 10.8 Å². The summed E-state index contributed by atoms with van der Waals surface area (Å²) in [4.78, 5) is 17.3. The minimum Gasteiger partial charge on any atom is -0.404 e. The number of aromatic nitrogens is 1. The van der Waals surface area contributed by atoms with Crippen molar-refractivity contribution in [2.45, 2.75) is 25.7 Å². The Balaban J connectivity index is 1.80. The van der Waals surface area contributed by atoms with Crippen LogP contribution in [0.3, 0.4) is 0 Å². The lowest BCUT2D eigenvalue weighted by Gasteiger charge is -2.11. The van der Waals surface area contributed by atoms with Crippen LogP contribution in [0, 0.1) is 0 Å². The maximum Gasteiger partial charge on any atom is 0.284 e. The molecule has 1 amide bonds. The molecular weight excluding hydrogens is 370 g/mol. The van der Waals surface area contributed by atoms with E-state index in [1.807, 2.05) is 6.08 Å². The second-order valence-corrected chi connectivity index (χ2v) is 7.36. The molecule has 2 heterocycles. The monoisotopic (exact) mass is 386 g/mol. The first-order chi connectivity index (χ1) is 12.9. The third-order valence-electron chi connectivity index (χ3n) is 4.37. The molecular formula is C19H16F2N4OS. The van der Waals surface area contributed by atoms with Crippen molar-refractivity contribution in [3.05, 3.63) is 57.0 Å². The van der Waals surface area contributed by atoms with Crippen LogP contribution in [-0.4, -0.2) is 16.6 Å². The van der Waals surface area contributed by atoms with Crippen LogP contribution in [0.1, 0.15) is 30.9 Å². The van der Waals surface area contributed by atoms with Crippen LogP contribution in [0.15, 0.2) is 41.1 Å². The number of rotatable bonds is 3. The Bertz CT molecular complexity index is 1080. The predicted molar refractivity (Wildman–Crippen MR) is 102 cm³/mol. The van der Waals surface area contributed by atoms with Gasteiger partial charge in [-0.05, 0) is 18.9 Å². The molecule has 0 spiro atoms. The number of nitrogens with zero attached hydrogens (tertiary/aromatic N) is 3. The molecule has 0 unspecified atom stereocenters. The summed E-state index contributed by atoms with van der Waals surface area (Å²) in [6.07, 6.45) is 7.10. The molecule has 2 aliphatic rings. The van der Waals surface area contributed by atoms with Gasteiger partial charge in [0.1, 0.15) is 5.71 Å². The standard InChI is InChI=1S/C19H16F2N4OS/c1-19(20,21)12-6-4-5-11(9-12)16-13(10-22)17(26)25(24-16)18-23-14-7-2-3-8-15(14)27-18/h4-10H,2-3,22H2,1H3/b13-10+. The Labute approximate surface area is 157 Å². The van der Waals surface area contributed by atoms with E-state index >= 15 is 0 Å². The van der Waals surface area contributed by atoms with E-state index in [1.165, 1.54) is 34.5 Å². The molecule has 0 bridgehead atoms. The van der Waals surface area contributed by atoms with Crippen LogP contribution < -0.4 is 20.6 Å². The average molecular weight is 386 g/mol. The molecule has 0 radical (unpaired) electrons. The van der Waals surface area contributed by atoms with Gasteiger partial charge < -0.3 is 5.73 Å². The second-order valence-electron chi connectivity index (χ2n) is 6.35. The van der Waals surface area contributed by atoms with Gasteiger partial charge >= 0.3 is 0 Å². The summed E-state index contributed by atoms with van der Waals surface area (Å²) in [5, 5.41) is 6.82. The zero-order valence-corrected chi connectivity index (χ0v) is 15.3. The van der Waals surface area contributed by atoms with Gasteiger partial charge in [-0.3, -0.25) is 4.79 Å². The van der Waals surface area contributed by atoms with Gasteiger partial charge in [0.05, 0.1) is 15.5 Å². The van der Waals surface area contributed by atoms with Gasteiger partial charge in [-0.2, -0.15) is 10.1 Å². The zero-order chi connectivity index (χ0) is 19.2. The van der Waals surface area contributed by atoms with Crippen LogP contribution in [0.2, 0.25) is 0 Å². The molecule has 0 fully saturated rings. The molecule has 1 aliphatic carbocycles. The van der Waals surface area contributed by atoms with Crippen molar-refractivity contribution in [1.82, 2.24) is 4.98 Å². The second kappa shape index (κ2) is 6.38. The number of fused-ring (bicyclic) bond motifs is 1. The Kier molecular flexibility index (Phi) is 4.15. The van der Waals surface area contributed by atoms with Gasteiger partial charge in [0, 0.05) is 24.3 Å². The quantitative estimate of drug-likeness (QED) is 0.822. The van der Waals surface area contributed by atoms with E-state index in [4.69, 9.17) is 5.73 Å². The number of anilines is 1. The minimum absolute atomic E-state index is 0.154. The molecule has 27 heavy (non-hydrogen) atoms. The highest BCUT2D eigenvalue weighted by molar-refractivity contribution is 7.13. The number of hydrazone groups is 1. The summed E-state index contributed by atoms with van der Waals surface area (Å²) in [5.74, 6) is -3.42. The first-order valence-corrected chi connectivity index (χ1v) is 9.21. The highest BCUT2D eigenvalue weighted by atomic mass is 32.1. The number of amides is 1. The lowest BCUT2D eigenvalue weighted by atomic mass is 9.99. The normalized spacial score (nSPS) is 18.2. The van der Waals surface area contributed by atoms with Gasteiger partial charge in [0.25, 0.3) is 11.8 Å². The van der Waals surface area contributed by atoms with Crippen molar-refractivity contribution in [3.8, 4) is 0 Å². The van der Waals surface area contributed by atoms with E-state index in [9.17, 15) is 13.6 Å². The Hall–Kier alpha value is -2.87. The molecule has 138 valence electrons. The Morgan fingerprint density at radius 2 is 2.07 bits per heavy atom. The largest absolute Gasteiger partial charge is 0.404 e. The van der Waals surface area contributed by atoms with E-state index in [-0.39, 0.29) is 16.8 Å². The number of benzene rings is 1. The summed E-state index contributed by atoms with van der Waals surface area (Å²) in [7, 11) is 0. The Morgan fingerprint density at radius 3 is 2.78 bits per heavy atom. The van der Waals surface area contributed by atoms with E-state index in [0.29, 0.717) is 10.7 Å². The van der Waals surface area contributed by atoms with Gasteiger partial charge in [0.15, 0.2) is 0 Å². The first-order valence-electron chi connectivity index (χ1n) is 8.40. The van der Waals surface area contributed by atoms with Crippen LogP contribution in [-0.2, 0) is 10.7 Å². The number of halogens is 2. The highest BCUT2D eigenvalue weighted by Crippen LogP contribution is 2.30. The maximum absolute atomic E-state index is 13.7. The van der Waals surface area contributed by atoms with Crippen LogP contribution in [0.4, 0.5) is 13.9 Å². The van der Waals surface area contributed by atoms with E-state index in [1.54, 1.807) is 6.07 Å². The number of carbonyl (C=O) groups is 1. The SMILES string of the molecule is CC(F)(F)c1cccc(C2=NN(c3nc4c(s3)=CCCC=4)C(=O)/C2=C/N)c1. The molecule has 1 aromatic heterocycles. The smallest absolute Gasteiger partial charge is 0.284 e. The van der Waals surface area contributed by atoms with Crippen molar-refractivity contribution >= 4 is 40.2 Å². The molecule has 5 nitrogen and oxygen atoms in total. The summed E-state index contributed by atoms with van der Waals surface area (Å²) in [6.45, 7) is 0.826. The molecule has 0 saturated carbocycles. The molecule has 0 atom stereocenters. The number of hydrogen-bond acceptors (Lipinski definition) is 5. The van der Waals surface area contributed by atoms with Gasteiger partial charge in [-0.15, -0.1) is 0 Å². The fourth-order valence-electron chi connectivity index (χ4n) is 3.00. The lowest BCUT2D eigenvalue weighted by molar-refractivity contribution is -0.114. The number of alkyl halides is 2. The summed E-state index contributed by atoms with van der Waals surface area (Å²) in [5.41, 5.74) is 6.31. The molecule has 2 aromatic rings. The van der Waals surface area contributed by atoms with E-state index in [2.05, 4.69) is 16.2 Å². The van der Waals surface area contributed by atoms with Crippen LogP contribution in [0.25, 0.3) is 12.2 Å². The first kappa shape index (κ1) is 17.5. The molecule has 1 aliphatic heterocycles. The summed E-state index contributed by atoms with van der Waals surface area (Å²) >= 11 is 1.37. The highest BCUT2D eigenvalue weighted by Gasteiger charge is 2.34. The molecule has 2 N–H and O–H groups in total. The molecule has 1 aromatic carbocycles. The third-order valence-corrected chi connectivity index (χ3v) is 5.42.